The molecule has 1 amide bonds. The number of hydrogen-bond donors (Lipinski definition) is 2. The summed E-state index contributed by atoms with van der Waals surface area (Å²) < 4.78 is 0. The largest absolute Gasteiger partial charge is 0.394 e. The number of nitrogens with zero attached hydrogens (tertiary/aromatic N) is 1. The summed E-state index contributed by atoms with van der Waals surface area (Å²) in [5.74, 6) is -0.159. The van der Waals surface area contributed by atoms with Gasteiger partial charge in [0.2, 0.25) is 5.91 Å². The van der Waals surface area contributed by atoms with E-state index in [2.05, 4.69) is 10.3 Å². The summed E-state index contributed by atoms with van der Waals surface area (Å²) in [6, 6.07) is 3.24. The lowest BCUT2D eigenvalue weighted by Gasteiger charge is -2.17. The van der Waals surface area contributed by atoms with Gasteiger partial charge in [0, 0.05) is 18.3 Å². The first-order valence-electron chi connectivity index (χ1n) is 4.96. The minimum atomic E-state index is -0.367. The van der Waals surface area contributed by atoms with Crippen LogP contribution in [0.2, 0.25) is 0 Å². The van der Waals surface area contributed by atoms with Crippen LogP contribution in [0.3, 0.4) is 0 Å². The van der Waals surface area contributed by atoms with Crippen molar-refractivity contribution in [1.29, 1.82) is 0 Å². The summed E-state index contributed by atoms with van der Waals surface area (Å²) in [5.41, 5.74) is 0.814. The Morgan fingerprint density at radius 2 is 2.33 bits per heavy atom. The van der Waals surface area contributed by atoms with Gasteiger partial charge in [0.1, 0.15) is 0 Å². The number of carbonyl (C=O) groups excluding carboxylic acids is 1. The zero-order valence-electron chi connectivity index (χ0n) is 8.97. The summed E-state index contributed by atoms with van der Waals surface area (Å²) in [5, 5.41) is 11.9. The second kappa shape index (κ2) is 5.46. The average Bonchev–Trinajstić information content (AvgIpc) is 2.26. The van der Waals surface area contributed by atoms with Crippen LogP contribution in [0.25, 0.3) is 0 Å². The number of carbonyl (C=O) groups is 1. The van der Waals surface area contributed by atoms with Crippen LogP contribution < -0.4 is 5.32 Å². The first-order chi connectivity index (χ1) is 7.15. The van der Waals surface area contributed by atoms with Gasteiger partial charge < -0.3 is 10.4 Å². The van der Waals surface area contributed by atoms with Gasteiger partial charge in [-0.15, -0.1) is 0 Å². The molecule has 0 aliphatic heterocycles. The minimum Gasteiger partial charge on any atom is -0.394 e. The molecule has 1 aromatic heterocycles. The fourth-order valence-electron chi connectivity index (χ4n) is 1.15. The number of rotatable bonds is 4. The third-order valence-electron chi connectivity index (χ3n) is 2.11. The van der Waals surface area contributed by atoms with Gasteiger partial charge in [-0.25, -0.2) is 0 Å². The van der Waals surface area contributed by atoms with Crippen molar-refractivity contribution in [2.24, 2.45) is 5.92 Å². The van der Waals surface area contributed by atoms with Crippen LogP contribution in [0.1, 0.15) is 25.5 Å². The molecule has 1 heterocycles. The number of aromatic nitrogens is 1. The molecule has 1 aromatic rings. The molecule has 4 nitrogen and oxygen atoms in total. The lowest BCUT2D eigenvalue weighted by atomic mass is 10.1. The van der Waals surface area contributed by atoms with E-state index in [1.807, 2.05) is 19.9 Å². The van der Waals surface area contributed by atoms with Gasteiger partial charge in [0.15, 0.2) is 0 Å². The molecule has 0 aliphatic rings. The van der Waals surface area contributed by atoms with Gasteiger partial charge >= 0.3 is 0 Å². The molecule has 15 heavy (non-hydrogen) atoms. The predicted molar refractivity (Wildman–Crippen MR) is 57.0 cm³/mol. The van der Waals surface area contributed by atoms with Crippen LogP contribution in [-0.2, 0) is 4.79 Å². The van der Waals surface area contributed by atoms with Gasteiger partial charge in [0.05, 0.1) is 12.6 Å². The Bertz CT molecular complexity index is 312. The number of amides is 1. The molecule has 4 heteroatoms. The monoisotopic (exact) mass is 208 g/mol. The molecule has 0 spiro atoms. The van der Waals surface area contributed by atoms with E-state index in [1.54, 1.807) is 18.5 Å². The Labute approximate surface area is 89.3 Å². The number of aliphatic hydroxyl groups excluding tert-OH is 1. The molecule has 0 aromatic carbocycles. The normalized spacial score (nSPS) is 12.5. The third kappa shape index (κ3) is 3.32. The standard InChI is InChI=1S/C11H16N2O2/c1-8(2)11(15)13-10(7-14)9-4-3-5-12-6-9/h3-6,8,10,14H,7H2,1-2H3,(H,13,15)/t10-/m1/s1. The summed E-state index contributed by atoms with van der Waals surface area (Å²) in [7, 11) is 0. The quantitative estimate of drug-likeness (QED) is 0.772. The Hall–Kier alpha value is -1.42. The molecule has 2 N–H and O–H groups in total. The van der Waals surface area contributed by atoms with E-state index < -0.39 is 0 Å². The SMILES string of the molecule is CC(C)C(=O)N[C@H](CO)c1cccnc1. The molecule has 1 atom stereocenters. The fraction of sp³-hybridized carbons (Fsp3) is 0.455. The molecule has 1 rings (SSSR count). The van der Waals surface area contributed by atoms with Crippen molar-refractivity contribution in [3.63, 3.8) is 0 Å². The molecule has 0 saturated carbocycles. The molecule has 82 valence electrons. The van der Waals surface area contributed by atoms with Crippen LogP contribution in [0.5, 0.6) is 0 Å². The van der Waals surface area contributed by atoms with Gasteiger partial charge in [-0.1, -0.05) is 19.9 Å². The number of hydrogen-bond acceptors (Lipinski definition) is 3. The van der Waals surface area contributed by atoms with Crippen LogP contribution in [0.4, 0.5) is 0 Å². The van der Waals surface area contributed by atoms with E-state index in [0.717, 1.165) is 5.56 Å². The molecule has 0 fully saturated rings. The maximum absolute atomic E-state index is 11.4. The Morgan fingerprint density at radius 1 is 1.60 bits per heavy atom. The molecular weight excluding hydrogens is 192 g/mol. The second-order valence-corrected chi connectivity index (χ2v) is 3.68. The maximum atomic E-state index is 11.4. The fourth-order valence-corrected chi connectivity index (χ4v) is 1.15. The molecule has 0 bridgehead atoms. The Kier molecular flexibility index (Phi) is 4.24. The molecular formula is C11H16N2O2. The van der Waals surface area contributed by atoms with Gasteiger partial charge in [-0.2, -0.15) is 0 Å². The van der Waals surface area contributed by atoms with E-state index in [4.69, 9.17) is 5.11 Å². The van der Waals surface area contributed by atoms with Crippen molar-refractivity contribution in [3.8, 4) is 0 Å². The Balaban J connectivity index is 2.69. The molecule has 0 saturated heterocycles. The van der Waals surface area contributed by atoms with Gasteiger partial charge in [-0.05, 0) is 11.6 Å². The number of pyridine rings is 1. The van der Waals surface area contributed by atoms with Gasteiger partial charge in [-0.3, -0.25) is 9.78 Å². The molecule has 0 aliphatic carbocycles. The summed E-state index contributed by atoms with van der Waals surface area (Å²) in [4.78, 5) is 15.4. The van der Waals surface area contributed by atoms with Crippen LogP contribution in [-0.4, -0.2) is 22.6 Å². The summed E-state index contributed by atoms with van der Waals surface area (Å²) in [6.07, 6.45) is 3.30. The highest BCUT2D eigenvalue weighted by atomic mass is 16.3. The van der Waals surface area contributed by atoms with Crippen molar-refractivity contribution >= 4 is 5.91 Å². The topological polar surface area (TPSA) is 62.2 Å². The van der Waals surface area contributed by atoms with Crippen LogP contribution >= 0.6 is 0 Å². The van der Waals surface area contributed by atoms with Crippen molar-refractivity contribution in [1.82, 2.24) is 10.3 Å². The van der Waals surface area contributed by atoms with Crippen molar-refractivity contribution in [2.75, 3.05) is 6.61 Å². The summed E-state index contributed by atoms with van der Waals surface area (Å²) >= 11 is 0. The highest BCUT2D eigenvalue weighted by molar-refractivity contribution is 5.78. The van der Waals surface area contributed by atoms with Crippen molar-refractivity contribution < 1.29 is 9.90 Å². The van der Waals surface area contributed by atoms with E-state index in [9.17, 15) is 4.79 Å². The van der Waals surface area contributed by atoms with E-state index in [0.29, 0.717) is 0 Å². The lowest BCUT2D eigenvalue weighted by molar-refractivity contribution is -0.125. The van der Waals surface area contributed by atoms with Crippen LogP contribution in [0.15, 0.2) is 24.5 Å². The zero-order valence-corrected chi connectivity index (χ0v) is 8.97. The smallest absolute Gasteiger partial charge is 0.223 e. The van der Waals surface area contributed by atoms with Crippen LogP contribution in [0, 0.1) is 5.92 Å². The lowest BCUT2D eigenvalue weighted by Crippen LogP contribution is -2.33. The predicted octanol–water partition coefficient (Wildman–Crippen LogP) is 0.887. The minimum absolute atomic E-state index is 0.0714. The molecule has 0 radical (unpaired) electrons. The van der Waals surface area contributed by atoms with E-state index in [1.165, 1.54) is 0 Å². The highest BCUT2D eigenvalue weighted by Gasteiger charge is 2.15. The average molecular weight is 208 g/mol. The summed E-state index contributed by atoms with van der Waals surface area (Å²) in [6.45, 7) is 3.50. The third-order valence-corrected chi connectivity index (χ3v) is 2.11. The van der Waals surface area contributed by atoms with Crippen molar-refractivity contribution in [3.05, 3.63) is 30.1 Å². The highest BCUT2D eigenvalue weighted by Crippen LogP contribution is 2.10. The second-order valence-electron chi connectivity index (χ2n) is 3.68. The Morgan fingerprint density at radius 3 is 2.80 bits per heavy atom. The maximum Gasteiger partial charge on any atom is 0.223 e. The van der Waals surface area contributed by atoms with Gasteiger partial charge in [0.25, 0.3) is 0 Å². The zero-order chi connectivity index (χ0) is 11.3. The van der Waals surface area contributed by atoms with Crippen molar-refractivity contribution in [2.45, 2.75) is 19.9 Å². The first kappa shape index (κ1) is 11.7. The van der Waals surface area contributed by atoms with E-state index >= 15 is 0 Å². The molecule has 0 unspecified atom stereocenters. The first-order valence-corrected chi connectivity index (χ1v) is 4.96. The number of nitrogens with one attached hydrogen (secondary N) is 1. The number of aliphatic hydroxyl groups is 1. The van der Waals surface area contributed by atoms with E-state index in [-0.39, 0.29) is 24.5 Å².